The van der Waals surface area contributed by atoms with E-state index in [-0.39, 0.29) is 17.5 Å². The Labute approximate surface area is 225 Å². The van der Waals surface area contributed by atoms with Gasteiger partial charge in [0.25, 0.3) is 0 Å². The highest BCUT2D eigenvalue weighted by Gasteiger charge is 2.28. The molecule has 1 aromatic carbocycles. The van der Waals surface area contributed by atoms with Crippen molar-refractivity contribution in [2.45, 2.75) is 33.2 Å². The molecular weight excluding hydrogens is 477 g/mol. The van der Waals surface area contributed by atoms with Crippen LogP contribution in [0.5, 0.6) is 0 Å². The molecule has 4 rings (SSSR count). The second-order valence-electron chi connectivity index (χ2n) is 10.2. The Morgan fingerprint density at radius 1 is 1.13 bits per heavy atom. The van der Waals surface area contributed by atoms with E-state index in [1.807, 2.05) is 13.0 Å². The maximum absolute atomic E-state index is 13.6. The Bertz CT molecular complexity index is 1260. The average Bonchev–Trinajstić information content (AvgIpc) is 2.93. The first-order valence-corrected chi connectivity index (χ1v) is 13.2. The number of ketones is 1. The molecule has 3 heterocycles. The molecule has 0 atom stereocenters. The number of aromatic nitrogens is 1. The van der Waals surface area contributed by atoms with Crippen molar-refractivity contribution in [3.8, 4) is 6.07 Å². The van der Waals surface area contributed by atoms with Crippen molar-refractivity contribution in [2.75, 3.05) is 44.2 Å². The summed E-state index contributed by atoms with van der Waals surface area (Å²) in [4.78, 5) is 24.5. The number of halogens is 1. The van der Waals surface area contributed by atoms with E-state index in [1.54, 1.807) is 12.1 Å². The first-order valence-electron chi connectivity index (χ1n) is 13.2. The lowest BCUT2D eigenvalue weighted by Gasteiger charge is -2.37. The molecule has 6 nitrogen and oxygen atoms in total. The van der Waals surface area contributed by atoms with E-state index in [2.05, 4.69) is 58.0 Å². The molecule has 0 bridgehead atoms. The number of carbonyl (C=O) groups is 1. The van der Waals surface area contributed by atoms with Gasteiger partial charge in [0, 0.05) is 57.3 Å². The summed E-state index contributed by atoms with van der Waals surface area (Å²) < 4.78 is 13.2. The zero-order valence-corrected chi connectivity index (χ0v) is 22.4. The van der Waals surface area contributed by atoms with E-state index in [0.29, 0.717) is 5.57 Å². The number of pyridine rings is 1. The Morgan fingerprint density at radius 3 is 2.45 bits per heavy atom. The van der Waals surface area contributed by atoms with Gasteiger partial charge in [0.05, 0.1) is 17.5 Å². The van der Waals surface area contributed by atoms with Crippen LogP contribution in [0.4, 0.5) is 10.2 Å². The third-order valence-corrected chi connectivity index (χ3v) is 7.68. The van der Waals surface area contributed by atoms with Crippen LogP contribution in [0.3, 0.4) is 0 Å². The molecule has 0 spiro atoms. The fourth-order valence-corrected chi connectivity index (χ4v) is 5.43. The molecule has 7 heteroatoms. The van der Waals surface area contributed by atoms with Crippen LogP contribution in [0.1, 0.15) is 39.9 Å². The van der Waals surface area contributed by atoms with Crippen LogP contribution < -0.4 is 4.90 Å². The number of nitrogens with zero attached hydrogens (tertiary/aromatic N) is 5. The van der Waals surface area contributed by atoms with Crippen molar-refractivity contribution in [2.24, 2.45) is 5.92 Å². The van der Waals surface area contributed by atoms with Gasteiger partial charge in [-0.05, 0) is 67.7 Å². The minimum absolute atomic E-state index is 0.0206. The number of benzene rings is 1. The SMILES string of the molecule is C=C/C=C(\C(=C)C#N)N1CCN(Cc2cc(C(=O)C3CCN(c4ccc(F)cn4)CC3)c(C)cc2C)CC1. The predicted molar refractivity (Wildman–Crippen MR) is 149 cm³/mol. The number of hydrogen-bond donors (Lipinski definition) is 0. The molecule has 2 aliphatic rings. The molecule has 0 saturated carbocycles. The first-order chi connectivity index (χ1) is 18.3. The van der Waals surface area contributed by atoms with Crippen LogP contribution in [0.2, 0.25) is 0 Å². The molecular formula is C31H36FN5O. The monoisotopic (exact) mass is 513 g/mol. The van der Waals surface area contributed by atoms with Gasteiger partial charge in [-0.1, -0.05) is 25.3 Å². The van der Waals surface area contributed by atoms with Gasteiger partial charge in [-0.15, -0.1) is 0 Å². The normalized spacial score (nSPS) is 17.3. The quantitative estimate of drug-likeness (QED) is 0.275. The molecule has 2 fully saturated rings. The third-order valence-electron chi connectivity index (χ3n) is 7.68. The summed E-state index contributed by atoms with van der Waals surface area (Å²) in [6.07, 6.45) is 6.31. The number of anilines is 1. The van der Waals surface area contributed by atoms with Gasteiger partial charge in [-0.2, -0.15) is 5.26 Å². The van der Waals surface area contributed by atoms with Gasteiger partial charge in [0.15, 0.2) is 5.78 Å². The van der Waals surface area contributed by atoms with Gasteiger partial charge < -0.3 is 9.80 Å². The number of aryl methyl sites for hydroxylation is 2. The number of piperazine rings is 1. The lowest BCUT2D eigenvalue weighted by atomic mass is 9.86. The van der Waals surface area contributed by atoms with Crippen molar-refractivity contribution in [3.63, 3.8) is 0 Å². The number of allylic oxidation sites excluding steroid dienone is 3. The van der Waals surface area contributed by atoms with Crippen molar-refractivity contribution >= 4 is 11.6 Å². The lowest BCUT2D eigenvalue weighted by molar-refractivity contribution is 0.0899. The van der Waals surface area contributed by atoms with Crippen LogP contribution in [-0.4, -0.2) is 59.8 Å². The Kier molecular flexibility index (Phi) is 8.75. The summed E-state index contributed by atoms with van der Waals surface area (Å²) in [6.45, 7) is 17.4. The van der Waals surface area contributed by atoms with Crippen LogP contribution in [0.15, 0.2) is 67.0 Å². The van der Waals surface area contributed by atoms with Gasteiger partial charge in [-0.25, -0.2) is 9.37 Å². The Balaban J connectivity index is 1.39. The minimum atomic E-state index is -0.342. The standard InChI is InChI=1S/C31H36FN5O/c1-5-6-29(24(4)19-33)36-15-13-35(14-16-36)21-26-18-28(23(3)17-22(26)2)31(38)25-9-11-37(12-10-25)30-8-7-27(32)20-34-30/h5-8,17-18,20,25H,1,4,9-16,21H2,2-3H3/b29-6+. The largest absolute Gasteiger partial charge is 0.368 e. The molecule has 38 heavy (non-hydrogen) atoms. The van der Waals surface area contributed by atoms with Crippen molar-refractivity contribution in [1.29, 1.82) is 5.26 Å². The highest BCUT2D eigenvalue weighted by Crippen LogP contribution is 2.28. The summed E-state index contributed by atoms with van der Waals surface area (Å²) in [6, 6.07) is 9.52. The van der Waals surface area contributed by atoms with Crippen LogP contribution in [-0.2, 0) is 6.54 Å². The zero-order chi connectivity index (χ0) is 27.2. The molecule has 198 valence electrons. The van der Waals surface area contributed by atoms with E-state index < -0.39 is 0 Å². The Hall–Kier alpha value is -3.76. The molecule has 2 saturated heterocycles. The average molecular weight is 514 g/mol. The summed E-state index contributed by atoms with van der Waals surface area (Å²) in [7, 11) is 0. The van der Waals surface area contributed by atoms with Crippen molar-refractivity contribution < 1.29 is 9.18 Å². The molecule has 0 radical (unpaired) electrons. The predicted octanol–water partition coefficient (Wildman–Crippen LogP) is 5.20. The highest BCUT2D eigenvalue weighted by molar-refractivity contribution is 5.99. The topological polar surface area (TPSA) is 63.5 Å². The second kappa shape index (κ2) is 12.2. The number of piperidine rings is 1. The van der Waals surface area contributed by atoms with E-state index in [0.717, 1.165) is 81.3 Å². The molecule has 0 aliphatic carbocycles. The number of rotatable bonds is 8. The summed E-state index contributed by atoms with van der Waals surface area (Å²) in [5, 5.41) is 9.29. The highest BCUT2D eigenvalue weighted by atomic mass is 19.1. The fraction of sp³-hybridized carbons (Fsp3) is 0.387. The molecule has 0 amide bonds. The van der Waals surface area contributed by atoms with Gasteiger partial charge in [-0.3, -0.25) is 9.69 Å². The maximum Gasteiger partial charge on any atom is 0.166 e. The summed E-state index contributed by atoms with van der Waals surface area (Å²) in [5.74, 6) is 0.614. The van der Waals surface area contributed by atoms with Crippen LogP contribution in [0, 0.1) is 36.9 Å². The van der Waals surface area contributed by atoms with E-state index in [9.17, 15) is 14.4 Å². The van der Waals surface area contributed by atoms with Gasteiger partial charge in [0.1, 0.15) is 17.7 Å². The number of nitriles is 1. The van der Waals surface area contributed by atoms with E-state index in [4.69, 9.17) is 0 Å². The smallest absolute Gasteiger partial charge is 0.166 e. The number of carbonyl (C=O) groups excluding carboxylic acids is 1. The van der Waals surface area contributed by atoms with Crippen molar-refractivity contribution in [1.82, 2.24) is 14.8 Å². The maximum atomic E-state index is 13.6. The first kappa shape index (κ1) is 27.3. The Morgan fingerprint density at radius 2 is 1.84 bits per heavy atom. The van der Waals surface area contributed by atoms with Crippen LogP contribution in [0.25, 0.3) is 0 Å². The van der Waals surface area contributed by atoms with Gasteiger partial charge >= 0.3 is 0 Å². The zero-order valence-electron chi connectivity index (χ0n) is 22.4. The molecule has 0 unspecified atom stereocenters. The summed E-state index contributed by atoms with van der Waals surface area (Å²) in [5.41, 5.74) is 5.52. The lowest BCUT2D eigenvalue weighted by Crippen LogP contribution is -2.45. The third kappa shape index (κ3) is 6.20. The molecule has 2 aromatic rings. The fourth-order valence-electron chi connectivity index (χ4n) is 5.43. The molecule has 1 aromatic heterocycles. The number of Topliss-reactive ketones (excluding diaryl/α,β-unsaturated/α-hetero) is 1. The second-order valence-corrected chi connectivity index (χ2v) is 10.2. The minimum Gasteiger partial charge on any atom is -0.368 e. The van der Waals surface area contributed by atoms with E-state index in [1.165, 1.54) is 23.4 Å². The van der Waals surface area contributed by atoms with Crippen molar-refractivity contribution in [3.05, 3.63) is 95.1 Å². The molecule has 2 aliphatic heterocycles. The molecule has 0 N–H and O–H groups in total. The van der Waals surface area contributed by atoms with Crippen LogP contribution >= 0.6 is 0 Å². The van der Waals surface area contributed by atoms with E-state index >= 15 is 0 Å². The summed E-state index contributed by atoms with van der Waals surface area (Å²) >= 11 is 0. The number of hydrogen-bond acceptors (Lipinski definition) is 6. The van der Waals surface area contributed by atoms with Gasteiger partial charge in [0.2, 0.25) is 0 Å².